The number of benzene rings is 1. The normalized spacial score (nSPS) is 16.6. The summed E-state index contributed by atoms with van der Waals surface area (Å²) in [7, 11) is 1.82. The minimum Gasteiger partial charge on any atom is -0.468 e. The standard InChI is InChI=1S/C20H23FN4O2/c1-23-8-7-22-20(23)19(26)16-5-2-6-17(21)18(16)25-11-9-24(10-12-25)14-15-4-3-13-27-15/h2-8,13,19,26H,9-12,14H2,1H3/t19-/m1/s1. The summed E-state index contributed by atoms with van der Waals surface area (Å²) in [6.07, 6.45) is 4.10. The van der Waals surface area contributed by atoms with Crippen LogP contribution in [0, 0.1) is 5.82 Å². The molecule has 4 rings (SSSR count). The van der Waals surface area contributed by atoms with Crippen molar-refractivity contribution in [3.8, 4) is 0 Å². The van der Waals surface area contributed by atoms with Crippen LogP contribution in [0.25, 0.3) is 0 Å². The molecular formula is C20H23FN4O2. The van der Waals surface area contributed by atoms with Gasteiger partial charge in [0.05, 0.1) is 18.5 Å². The van der Waals surface area contributed by atoms with E-state index >= 15 is 0 Å². The molecule has 0 spiro atoms. The molecule has 27 heavy (non-hydrogen) atoms. The topological polar surface area (TPSA) is 57.7 Å². The molecule has 142 valence electrons. The molecule has 1 atom stereocenters. The zero-order chi connectivity index (χ0) is 18.8. The minimum absolute atomic E-state index is 0.319. The molecule has 0 bridgehead atoms. The van der Waals surface area contributed by atoms with Crippen molar-refractivity contribution in [2.24, 2.45) is 7.05 Å². The molecule has 3 aromatic rings. The van der Waals surface area contributed by atoms with Crippen molar-refractivity contribution in [3.63, 3.8) is 0 Å². The Bertz CT molecular complexity index is 885. The van der Waals surface area contributed by atoms with Crippen molar-refractivity contribution in [1.29, 1.82) is 0 Å². The van der Waals surface area contributed by atoms with E-state index in [2.05, 4.69) is 9.88 Å². The van der Waals surface area contributed by atoms with Crippen molar-refractivity contribution in [2.45, 2.75) is 12.6 Å². The SMILES string of the molecule is Cn1ccnc1[C@H](O)c1cccc(F)c1N1CCN(Cc2ccco2)CC1. The molecule has 0 saturated carbocycles. The van der Waals surface area contributed by atoms with Gasteiger partial charge in [0.2, 0.25) is 0 Å². The number of aromatic nitrogens is 2. The summed E-state index contributed by atoms with van der Waals surface area (Å²) in [5.41, 5.74) is 1.01. The fraction of sp³-hybridized carbons (Fsp3) is 0.350. The lowest BCUT2D eigenvalue weighted by Gasteiger charge is -2.37. The molecule has 7 heteroatoms. The van der Waals surface area contributed by atoms with E-state index < -0.39 is 6.10 Å². The number of furan rings is 1. The molecule has 1 aliphatic rings. The highest BCUT2D eigenvalue weighted by Crippen LogP contribution is 2.33. The van der Waals surface area contributed by atoms with Crippen LogP contribution in [-0.2, 0) is 13.6 Å². The van der Waals surface area contributed by atoms with Gasteiger partial charge in [-0.25, -0.2) is 9.37 Å². The molecule has 1 saturated heterocycles. The first kappa shape index (κ1) is 17.8. The Hall–Kier alpha value is -2.64. The first-order valence-electron chi connectivity index (χ1n) is 9.07. The third-order valence-electron chi connectivity index (χ3n) is 5.06. The van der Waals surface area contributed by atoms with E-state index in [0.717, 1.165) is 25.4 Å². The van der Waals surface area contributed by atoms with Crippen molar-refractivity contribution in [1.82, 2.24) is 14.5 Å². The maximum atomic E-state index is 14.7. The molecule has 2 aromatic heterocycles. The highest BCUT2D eigenvalue weighted by Gasteiger charge is 2.26. The summed E-state index contributed by atoms with van der Waals surface area (Å²) in [4.78, 5) is 8.51. The Labute approximate surface area is 157 Å². The molecule has 0 unspecified atom stereocenters. The summed E-state index contributed by atoms with van der Waals surface area (Å²) in [6.45, 7) is 3.71. The lowest BCUT2D eigenvalue weighted by Crippen LogP contribution is -2.46. The fourth-order valence-corrected chi connectivity index (χ4v) is 3.62. The summed E-state index contributed by atoms with van der Waals surface area (Å²) in [5, 5.41) is 10.8. The third-order valence-corrected chi connectivity index (χ3v) is 5.06. The van der Waals surface area contributed by atoms with Gasteiger partial charge in [-0.3, -0.25) is 4.90 Å². The van der Waals surface area contributed by atoms with Crippen molar-refractivity contribution in [3.05, 3.63) is 72.0 Å². The van der Waals surface area contributed by atoms with Gasteiger partial charge >= 0.3 is 0 Å². The van der Waals surface area contributed by atoms with Gasteiger partial charge in [-0.2, -0.15) is 0 Å². The quantitative estimate of drug-likeness (QED) is 0.748. The van der Waals surface area contributed by atoms with Crippen LogP contribution in [0.15, 0.2) is 53.4 Å². The lowest BCUT2D eigenvalue weighted by molar-refractivity contribution is 0.204. The Morgan fingerprint density at radius 3 is 2.67 bits per heavy atom. The van der Waals surface area contributed by atoms with Gasteiger partial charge < -0.3 is 19.0 Å². The average molecular weight is 370 g/mol. The largest absolute Gasteiger partial charge is 0.468 e. The van der Waals surface area contributed by atoms with Gasteiger partial charge in [0.25, 0.3) is 0 Å². The van der Waals surface area contributed by atoms with Gasteiger partial charge in [-0.1, -0.05) is 12.1 Å². The fourth-order valence-electron chi connectivity index (χ4n) is 3.62. The smallest absolute Gasteiger partial charge is 0.146 e. The number of rotatable bonds is 5. The van der Waals surface area contributed by atoms with Gasteiger partial charge in [0, 0.05) is 51.2 Å². The molecule has 6 nitrogen and oxygen atoms in total. The summed E-state index contributed by atoms with van der Waals surface area (Å²) in [6, 6.07) is 8.69. The molecule has 1 aromatic carbocycles. The highest BCUT2D eigenvalue weighted by molar-refractivity contribution is 5.57. The Morgan fingerprint density at radius 1 is 1.19 bits per heavy atom. The number of aliphatic hydroxyl groups is 1. The first-order valence-corrected chi connectivity index (χ1v) is 9.07. The number of hydrogen-bond donors (Lipinski definition) is 1. The van der Waals surface area contributed by atoms with Gasteiger partial charge in [0.1, 0.15) is 23.5 Å². The minimum atomic E-state index is -0.975. The summed E-state index contributed by atoms with van der Waals surface area (Å²) < 4.78 is 21.9. The molecule has 1 aliphatic heterocycles. The Morgan fingerprint density at radius 2 is 2.00 bits per heavy atom. The summed E-state index contributed by atoms with van der Waals surface area (Å²) >= 11 is 0. The van der Waals surface area contributed by atoms with Gasteiger partial charge in [-0.05, 0) is 18.2 Å². The van der Waals surface area contributed by atoms with E-state index in [1.165, 1.54) is 6.07 Å². The Kier molecular flexibility index (Phi) is 4.96. The van der Waals surface area contributed by atoms with Gasteiger partial charge in [-0.15, -0.1) is 0 Å². The second-order valence-electron chi connectivity index (χ2n) is 6.82. The van der Waals surface area contributed by atoms with Crippen LogP contribution < -0.4 is 4.90 Å². The van der Waals surface area contributed by atoms with Crippen LogP contribution in [0.2, 0.25) is 0 Å². The van der Waals surface area contributed by atoms with Crippen molar-refractivity contribution in [2.75, 3.05) is 31.1 Å². The van der Waals surface area contributed by atoms with E-state index in [4.69, 9.17) is 4.42 Å². The second-order valence-corrected chi connectivity index (χ2v) is 6.82. The van der Waals surface area contributed by atoms with Crippen LogP contribution >= 0.6 is 0 Å². The second kappa shape index (κ2) is 7.54. The number of imidazole rings is 1. The lowest BCUT2D eigenvalue weighted by atomic mass is 10.0. The predicted octanol–water partition coefficient (Wildman–Crippen LogP) is 2.56. The van der Waals surface area contributed by atoms with E-state index in [1.807, 2.05) is 24.1 Å². The molecule has 0 radical (unpaired) electrons. The van der Waals surface area contributed by atoms with Crippen LogP contribution in [-0.4, -0.2) is 45.7 Å². The number of aliphatic hydroxyl groups excluding tert-OH is 1. The monoisotopic (exact) mass is 370 g/mol. The highest BCUT2D eigenvalue weighted by atomic mass is 19.1. The molecule has 0 amide bonds. The molecule has 0 aliphatic carbocycles. The third kappa shape index (κ3) is 3.61. The zero-order valence-electron chi connectivity index (χ0n) is 15.3. The molecule has 1 N–H and O–H groups in total. The summed E-state index contributed by atoms with van der Waals surface area (Å²) in [5.74, 6) is 1.11. The van der Waals surface area contributed by atoms with E-state index in [1.54, 1.807) is 35.4 Å². The number of hydrogen-bond acceptors (Lipinski definition) is 5. The van der Waals surface area contributed by atoms with Crippen LogP contribution in [0.1, 0.15) is 23.3 Å². The van der Waals surface area contributed by atoms with Crippen molar-refractivity contribution < 1.29 is 13.9 Å². The molecular weight excluding hydrogens is 347 g/mol. The molecule has 1 fully saturated rings. The van der Waals surface area contributed by atoms with Crippen molar-refractivity contribution >= 4 is 5.69 Å². The van der Waals surface area contributed by atoms with Gasteiger partial charge in [0.15, 0.2) is 0 Å². The Balaban J connectivity index is 1.53. The maximum absolute atomic E-state index is 14.7. The van der Waals surface area contributed by atoms with Crippen LogP contribution in [0.4, 0.5) is 10.1 Å². The van der Waals surface area contributed by atoms with E-state index in [-0.39, 0.29) is 5.82 Å². The van der Waals surface area contributed by atoms with E-state index in [0.29, 0.717) is 30.2 Å². The van der Waals surface area contributed by atoms with Crippen LogP contribution in [0.3, 0.4) is 0 Å². The molecule has 3 heterocycles. The number of para-hydroxylation sites is 1. The predicted molar refractivity (Wildman–Crippen MR) is 99.9 cm³/mol. The number of piperazine rings is 1. The number of halogens is 1. The van der Waals surface area contributed by atoms with Crippen LogP contribution in [0.5, 0.6) is 0 Å². The maximum Gasteiger partial charge on any atom is 0.146 e. The number of aryl methyl sites for hydroxylation is 1. The number of nitrogens with zero attached hydrogens (tertiary/aromatic N) is 4. The average Bonchev–Trinajstić information content (AvgIpc) is 3.33. The zero-order valence-corrected chi connectivity index (χ0v) is 15.3. The van der Waals surface area contributed by atoms with E-state index in [9.17, 15) is 9.50 Å². The number of anilines is 1. The first-order chi connectivity index (χ1) is 13.1.